The van der Waals surface area contributed by atoms with E-state index in [4.69, 9.17) is 0 Å². The number of phenols is 2. The molecule has 0 saturated heterocycles. The third kappa shape index (κ3) is 9.75. The summed E-state index contributed by atoms with van der Waals surface area (Å²) in [6.45, 7) is 3.23. The number of nitro benzene ring substituents is 2. The van der Waals surface area contributed by atoms with Crippen LogP contribution in [0.1, 0.15) is 11.1 Å². The Hall–Kier alpha value is -5.17. The van der Waals surface area contributed by atoms with E-state index < -0.39 is 39.9 Å². The molecule has 0 aromatic heterocycles. The standard InChI is InChI=1S/2C17H13N3O6S.Ba/c2*1-10-9-11(20(22)23)5-7-14(10)18-19-17-13-3-2-4-16(27(24,25)26)12(13)6-8-15(17)21;/h2*2-9,21H,1H3,(H,24,25,26);/q;;+2/p-2. The van der Waals surface area contributed by atoms with E-state index in [2.05, 4.69) is 20.5 Å². The summed E-state index contributed by atoms with van der Waals surface area (Å²) in [5, 5.41) is 58.4. The quantitative estimate of drug-likeness (QED) is 0.0486. The Morgan fingerprint density at radius 2 is 0.891 bits per heavy atom. The van der Waals surface area contributed by atoms with Crippen LogP contribution in [-0.4, -0.2) is 94.9 Å². The van der Waals surface area contributed by atoms with E-state index in [-0.39, 0.29) is 105 Å². The third-order valence-corrected chi connectivity index (χ3v) is 9.57. The van der Waals surface area contributed by atoms with Crippen LogP contribution in [0, 0.1) is 34.1 Å². The number of azo groups is 2. The first-order valence-electron chi connectivity index (χ1n) is 15.1. The van der Waals surface area contributed by atoms with Gasteiger partial charge in [0.25, 0.3) is 11.4 Å². The molecule has 0 radical (unpaired) electrons. The largest absolute Gasteiger partial charge is 2.00 e. The van der Waals surface area contributed by atoms with Crippen molar-refractivity contribution >= 4 is 125 Å². The average Bonchev–Trinajstić information content (AvgIpc) is 3.10. The van der Waals surface area contributed by atoms with E-state index in [0.29, 0.717) is 22.5 Å². The molecule has 0 atom stereocenters. The van der Waals surface area contributed by atoms with E-state index in [9.17, 15) is 56.4 Å². The van der Waals surface area contributed by atoms with Crippen LogP contribution in [0.4, 0.5) is 34.1 Å². The van der Waals surface area contributed by atoms with Crippen LogP contribution in [-0.2, 0) is 20.2 Å². The monoisotopic (exact) mass is 910 g/mol. The fourth-order valence-electron chi connectivity index (χ4n) is 5.19. The summed E-state index contributed by atoms with van der Waals surface area (Å²) in [6.07, 6.45) is 0. The van der Waals surface area contributed by atoms with Gasteiger partial charge < -0.3 is 19.3 Å². The second-order valence-corrected chi connectivity index (χ2v) is 14.0. The Morgan fingerprint density at radius 3 is 1.20 bits per heavy atom. The van der Waals surface area contributed by atoms with Gasteiger partial charge in [0, 0.05) is 45.8 Å². The normalized spacial score (nSPS) is 11.7. The summed E-state index contributed by atoms with van der Waals surface area (Å²) < 4.78 is 68.6. The molecule has 18 nitrogen and oxygen atoms in total. The van der Waals surface area contributed by atoms with Gasteiger partial charge in [0.15, 0.2) is 0 Å². The summed E-state index contributed by atoms with van der Waals surface area (Å²) in [6, 6.07) is 21.1. The van der Waals surface area contributed by atoms with Gasteiger partial charge in [-0.15, -0.1) is 10.2 Å². The van der Waals surface area contributed by atoms with Crippen molar-refractivity contribution in [3.05, 3.63) is 128 Å². The molecule has 0 unspecified atom stereocenters. The van der Waals surface area contributed by atoms with Gasteiger partial charge in [0.2, 0.25) is 0 Å². The number of phenolic OH excluding ortho intramolecular Hbond substituents is 2. The summed E-state index contributed by atoms with van der Waals surface area (Å²) in [4.78, 5) is 19.7. The first kappa shape index (κ1) is 42.6. The molecular formula is C34H24BaN6O12S2. The van der Waals surface area contributed by atoms with Gasteiger partial charge in [-0.05, 0) is 73.5 Å². The average molecular weight is 910 g/mol. The van der Waals surface area contributed by atoms with E-state index in [1.54, 1.807) is 13.8 Å². The number of nitro groups is 2. The molecule has 0 aliphatic rings. The molecule has 0 heterocycles. The Bertz CT molecular complexity index is 2610. The topological polar surface area (TPSA) is 291 Å². The van der Waals surface area contributed by atoms with Gasteiger partial charge >= 0.3 is 48.9 Å². The van der Waals surface area contributed by atoms with Gasteiger partial charge in [0.1, 0.15) is 43.1 Å². The summed E-state index contributed by atoms with van der Waals surface area (Å²) >= 11 is 0. The summed E-state index contributed by atoms with van der Waals surface area (Å²) in [7, 11) is -9.43. The summed E-state index contributed by atoms with van der Waals surface area (Å²) in [5.74, 6) is -0.516. The van der Waals surface area contributed by atoms with Crippen LogP contribution in [0.3, 0.4) is 0 Å². The van der Waals surface area contributed by atoms with Crippen LogP contribution in [0.25, 0.3) is 21.5 Å². The second kappa shape index (κ2) is 17.1. The third-order valence-electron chi connectivity index (χ3n) is 7.78. The van der Waals surface area contributed by atoms with Gasteiger partial charge in [0.05, 0.1) is 31.0 Å². The van der Waals surface area contributed by atoms with Crippen molar-refractivity contribution in [2.75, 3.05) is 0 Å². The number of benzene rings is 6. The summed E-state index contributed by atoms with van der Waals surface area (Å²) in [5.41, 5.74) is 1.45. The molecule has 6 rings (SSSR count). The maximum Gasteiger partial charge on any atom is 2.00 e. The van der Waals surface area contributed by atoms with Gasteiger partial charge in [-0.2, -0.15) is 10.2 Å². The molecular weight excluding hydrogens is 886 g/mol. The fourth-order valence-corrected chi connectivity index (χ4v) is 6.57. The van der Waals surface area contributed by atoms with Crippen LogP contribution in [0.15, 0.2) is 127 Å². The van der Waals surface area contributed by atoms with Crippen molar-refractivity contribution in [3.8, 4) is 11.5 Å². The zero-order valence-electron chi connectivity index (χ0n) is 28.4. The Balaban J connectivity index is 0.000000240. The van der Waals surface area contributed by atoms with Crippen molar-refractivity contribution in [2.24, 2.45) is 20.5 Å². The van der Waals surface area contributed by atoms with E-state index in [0.717, 1.165) is 0 Å². The molecule has 6 aromatic carbocycles. The minimum atomic E-state index is -4.71. The maximum atomic E-state index is 11.4. The molecule has 21 heteroatoms. The Morgan fingerprint density at radius 1 is 0.527 bits per heavy atom. The van der Waals surface area contributed by atoms with Gasteiger partial charge in [-0.25, -0.2) is 16.8 Å². The number of fused-ring (bicyclic) bond motifs is 2. The van der Waals surface area contributed by atoms with Crippen molar-refractivity contribution in [1.82, 2.24) is 0 Å². The molecule has 0 saturated carbocycles. The van der Waals surface area contributed by atoms with Gasteiger partial charge in [-0.1, -0.05) is 24.3 Å². The minimum Gasteiger partial charge on any atom is -0.744 e. The van der Waals surface area contributed by atoms with Crippen LogP contribution >= 0.6 is 0 Å². The van der Waals surface area contributed by atoms with E-state index >= 15 is 0 Å². The molecule has 0 aliphatic carbocycles. The molecule has 55 heavy (non-hydrogen) atoms. The number of aryl methyl sites for hydroxylation is 2. The number of aromatic hydroxyl groups is 2. The van der Waals surface area contributed by atoms with Crippen LogP contribution in [0.5, 0.6) is 11.5 Å². The van der Waals surface area contributed by atoms with Crippen molar-refractivity contribution in [1.29, 1.82) is 0 Å². The molecule has 276 valence electrons. The predicted molar refractivity (Wildman–Crippen MR) is 197 cm³/mol. The minimum absolute atomic E-state index is 0. The first-order valence-corrected chi connectivity index (χ1v) is 17.9. The van der Waals surface area contributed by atoms with Crippen molar-refractivity contribution in [2.45, 2.75) is 23.6 Å². The zero-order valence-corrected chi connectivity index (χ0v) is 34.5. The molecule has 0 aliphatic heterocycles. The van der Waals surface area contributed by atoms with E-state index in [1.807, 2.05) is 0 Å². The Kier molecular flexibility index (Phi) is 13.2. The first-order chi connectivity index (χ1) is 25.4. The molecule has 0 bridgehead atoms. The zero-order chi connectivity index (χ0) is 39.5. The fraction of sp³-hybridized carbons (Fsp3) is 0.0588. The molecule has 0 fully saturated rings. The van der Waals surface area contributed by atoms with Crippen molar-refractivity contribution < 1.29 is 46.0 Å². The number of rotatable bonds is 8. The molecule has 0 amide bonds. The SMILES string of the molecule is Cc1cc([N+](=O)[O-])ccc1N=Nc1c(O)ccc2c(S(=O)(=O)[O-])cccc12.Cc1cc([N+](=O)[O-])ccc1N=Nc1c(O)ccc2c(S(=O)(=O)[O-])cccc12.[Ba+2]. The van der Waals surface area contributed by atoms with Gasteiger partial charge in [-0.3, -0.25) is 20.2 Å². The molecule has 2 N–H and O–H groups in total. The maximum absolute atomic E-state index is 11.4. The second-order valence-electron chi connectivity index (χ2n) is 11.3. The Labute approximate surface area is 351 Å². The number of nitrogens with zero attached hydrogens (tertiary/aromatic N) is 6. The predicted octanol–water partition coefficient (Wildman–Crippen LogP) is 7.78. The van der Waals surface area contributed by atoms with Crippen LogP contribution < -0.4 is 0 Å². The number of hydrogen-bond donors (Lipinski definition) is 2. The number of hydrogen-bond acceptors (Lipinski definition) is 16. The van der Waals surface area contributed by atoms with Crippen molar-refractivity contribution in [3.63, 3.8) is 0 Å². The van der Waals surface area contributed by atoms with E-state index in [1.165, 1.54) is 97.1 Å². The smallest absolute Gasteiger partial charge is 0.744 e. The molecule has 6 aromatic rings. The molecule has 0 spiro atoms. The van der Waals surface area contributed by atoms with Crippen LogP contribution in [0.2, 0.25) is 0 Å². The number of non-ortho nitro benzene ring substituents is 2.